The Balaban J connectivity index is 1.35. The summed E-state index contributed by atoms with van der Waals surface area (Å²) in [4.78, 5) is 24.8. The molecule has 62 heavy (non-hydrogen) atoms. The van der Waals surface area contributed by atoms with Gasteiger partial charge in [-0.25, -0.2) is 29.3 Å². The molecular formula is C53H29N9. The van der Waals surface area contributed by atoms with Gasteiger partial charge in [0, 0.05) is 44.1 Å². The van der Waals surface area contributed by atoms with Crippen molar-refractivity contribution in [2.45, 2.75) is 13.8 Å². The van der Waals surface area contributed by atoms with E-state index in [0.717, 1.165) is 88.6 Å². The predicted molar refractivity (Wildman–Crippen MR) is 246 cm³/mol. The van der Waals surface area contributed by atoms with Crippen LogP contribution in [0.1, 0.15) is 17.0 Å². The Labute approximate surface area is 356 Å². The summed E-state index contributed by atoms with van der Waals surface area (Å²) in [5.74, 6) is 0.447. The summed E-state index contributed by atoms with van der Waals surface area (Å²) in [5.41, 5.74) is 12.4. The minimum atomic E-state index is 0.378. The van der Waals surface area contributed by atoms with Crippen LogP contribution < -0.4 is 0 Å². The lowest BCUT2D eigenvalue weighted by Crippen LogP contribution is -2.05. The number of aromatic nitrogens is 4. The first-order valence-corrected chi connectivity index (χ1v) is 19.6. The number of benzene rings is 7. The summed E-state index contributed by atoms with van der Waals surface area (Å²) in [7, 11) is 0. The first-order valence-electron chi connectivity index (χ1n) is 19.6. The molecule has 7 aromatic carbocycles. The van der Waals surface area contributed by atoms with Crippen molar-refractivity contribution in [1.29, 1.82) is 5.26 Å². The molecule has 0 unspecified atom stereocenters. The van der Waals surface area contributed by atoms with Crippen LogP contribution in [0.4, 0.5) is 22.7 Å². The van der Waals surface area contributed by atoms with Gasteiger partial charge in [0.15, 0.2) is 22.7 Å². The van der Waals surface area contributed by atoms with Gasteiger partial charge in [-0.3, -0.25) is 0 Å². The van der Waals surface area contributed by atoms with E-state index in [9.17, 15) is 5.26 Å². The van der Waals surface area contributed by atoms with Crippen molar-refractivity contribution in [2.75, 3.05) is 0 Å². The standard InChI is InChI=1S/C53H29N9/c1-31-19-32(2)60-53(59-31)45-28-51(61-47-13-9-7-11-41(47)43-17-15-34(25-49(43)61)36-20-33(30-54)21-38(22-36)55-3)52(29-46(45)58-6)62-48-14-10-8-12-42(48)44-18-16-35(26-50(44)62)37-23-39(56-4)27-40(24-37)57-5/h7-29H,1-2H3. The summed E-state index contributed by atoms with van der Waals surface area (Å²) in [5, 5.41) is 13.9. The molecule has 0 aliphatic rings. The molecule has 3 aromatic heterocycles. The average Bonchev–Trinajstić information content (AvgIpc) is 3.82. The number of hydrogen-bond acceptors (Lipinski definition) is 3. The van der Waals surface area contributed by atoms with Crippen molar-refractivity contribution in [3.05, 3.63) is 202 Å². The Morgan fingerprint density at radius 2 is 0.952 bits per heavy atom. The number of fused-ring (bicyclic) bond motifs is 6. The van der Waals surface area contributed by atoms with E-state index < -0.39 is 0 Å². The molecule has 0 spiro atoms. The van der Waals surface area contributed by atoms with E-state index in [4.69, 9.17) is 36.3 Å². The van der Waals surface area contributed by atoms with E-state index >= 15 is 0 Å². The lowest BCUT2D eigenvalue weighted by Gasteiger charge is -2.20. The topological polar surface area (TPSA) is 76.9 Å². The number of hydrogen-bond donors (Lipinski definition) is 0. The zero-order valence-electron chi connectivity index (χ0n) is 33.3. The first-order chi connectivity index (χ1) is 30.3. The molecule has 3 heterocycles. The van der Waals surface area contributed by atoms with Crippen LogP contribution in [0.2, 0.25) is 0 Å². The Bertz CT molecular complexity index is 3710. The average molecular weight is 792 g/mol. The fourth-order valence-electron chi connectivity index (χ4n) is 8.66. The third-order valence-electron chi connectivity index (χ3n) is 11.3. The molecule has 10 rings (SSSR count). The van der Waals surface area contributed by atoms with Crippen molar-refractivity contribution in [1.82, 2.24) is 19.1 Å². The molecule has 0 aliphatic carbocycles. The smallest absolute Gasteiger partial charge is 0.200 e. The van der Waals surface area contributed by atoms with Crippen LogP contribution >= 0.6 is 0 Å². The van der Waals surface area contributed by atoms with Crippen LogP contribution in [0.5, 0.6) is 0 Å². The SMILES string of the molecule is [C-]#[N+]c1cc(C#N)cc(-c2ccc3c4ccccc4n(-c4cc(-c5nc(C)cc(C)n5)c([N+]#[C-])cc4-n4c5ccccc5c5ccc(-c6cc([N+]#[C-])cc([N+]#[C-])c6)cc54)c3c2)c1. The van der Waals surface area contributed by atoms with E-state index in [1.165, 1.54) is 0 Å². The normalized spacial score (nSPS) is 11.0. The van der Waals surface area contributed by atoms with Crippen LogP contribution in [-0.4, -0.2) is 19.1 Å². The Morgan fingerprint density at radius 1 is 0.468 bits per heavy atom. The van der Waals surface area contributed by atoms with Crippen LogP contribution in [-0.2, 0) is 0 Å². The molecule has 0 amide bonds. The van der Waals surface area contributed by atoms with Gasteiger partial charge in [0.2, 0.25) is 0 Å². The van der Waals surface area contributed by atoms with Crippen LogP contribution in [0.15, 0.2) is 140 Å². The monoisotopic (exact) mass is 791 g/mol. The lowest BCUT2D eigenvalue weighted by molar-refractivity contribution is 1.06. The number of aryl methyl sites for hydroxylation is 2. The van der Waals surface area contributed by atoms with Crippen LogP contribution in [0.3, 0.4) is 0 Å². The first kappa shape index (κ1) is 37.0. The highest BCUT2D eigenvalue weighted by Gasteiger charge is 2.24. The Morgan fingerprint density at radius 3 is 1.47 bits per heavy atom. The maximum absolute atomic E-state index is 9.87. The molecule has 9 nitrogen and oxygen atoms in total. The number of para-hydroxylation sites is 2. The second kappa shape index (κ2) is 14.5. The summed E-state index contributed by atoms with van der Waals surface area (Å²) in [6.45, 7) is 35.6. The third kappa shape index (κ3) is 5.97. The second-order valence-electron chi connectivity index (χ2n) is 15.1. The second-order valence-corrected chi connectivity index (χ2v) is 15.1. The minimum absolute atomic E-state index is 0.378. The molecule has 0 saturated heterocycles. The van der Waals surface area contributed by atoms with Gasteiger partial charge in [-0.05, 0) is 96.8 Å². The predicted octanol–water partition coefficient (Wildman–Crippen LogP) is 14.4. The lowest BCUT2D eigenvalue weighted by atomic mass is 10.0. The highest BCUT2D eigenvalue weighted by Crippen LogP contribution is 2.44. The van der Waals surface area contributed by atoms with Gasteiger partial charge < -0.3 is 9.13 Å². The minimum Gasteiger partial charge on any atom is -0.308 e. The van der Waals surface area contributed by atoms with Crippen LogP contribution in [0, 0.1) is 51.5 Å². The molecule has 0 bridgehead atoms. The maximum Gasteiger partial charge on any atom is 0.200 e. The van der Waals surface area contributed by atoms with Crippen molar-refractivity contribution in [2.24, 2.45) is 0 Å². The maximum atomic E-state index is 9.87. The summed E-state index contributed by atoms with van der Waals surface area (Å²) >= 11 is 0. The van der Waals surface area contributed by atoms with Gasteiger partial charge >= 0.3 is 0 Å². The van der Waals surface area contributed by atoms with E-state index in [-0.39, 0.29) is 0 Å². The van der Waals surface area contributed by atoms with Gasteiger partial charge in [-0.2, -0.15) is 5.26 Å². The molecule has 0 N–H and O–H groups in total. The van der Waals surface area contributed by atoms with E-state index in [1.54, 1.807) is 36.4 Å². The molecule has 10 aromatic rings. The van der Waals surface area contributed by atoms with Crippen molar-refractivity contribution in [3.8, 4) is 51.1 Å². The highest BCUT2D eigenvalue weighted by molar-refractivity contribution is 6.13. The van der Waals surface area contributed by atoms with Gasteiger partial charge in [0.25, 0.3) is 0 Å². The Hall–Kier alpha value is -9.33. The van der Waals surface area contributed by atoms with Gasteiger partial charge in [0.1, 0.15) is 5.82 Å². The zero-order valence-corrected chi connectivity index (χ0v) is 33.3. The van der Waals surface area contributed by atoms with E-state index in [0.29, 0.717) is 39.7 Å². The summed E-state index contributed by atoms with van der Waals surface area (Å²) in [6.07, 6.45) is 0. The third-order valence-corrected chi connectivity index (χ3v) is 11.3. The zero-order chi connectivity index (χ0) is 42.6. The van der Waals surface area contributed by atoms with Crippen LogP contribution in [0.25, 0.3) is 108 Å². The number of nitriles is 1. The largest absolute Gasteiger partial charge is 0.308 e. The van der Waals surface area contributed by atoms with Crippen molar-refractivity contribution < 1.29 is 0 Å². The molecule has 9 heteroatoms. The van der Waals surface area contributed by atoms with Crippen molar-refractivity contribution >= 4 is 66.4 Å². The molecule has 0 aliphatic heterocycles. The fourth-order valence-corrected chi connectivity index (χ4v) is 8.66. The Kier molecular flexibility index (Phi) is 8.64. The molecule has 286 valence electrons. The fraction of sp³-hybridized carbons (Fsp3) is 0.0377. The molecule has 0 radical (unpaired) electrons. The summed E-state index contributed by atoms with van der Waals surface area (Å²) in [6, 6.07) is 47.3. The van der Waals surface area contributed by atoms with Gasteiger partial charge in [0.05, 0.1) is 65.8 Å². The van der Waals surface area contributed by atoms with Gasteiger partial charge in [-0.15, -0.1) is 0 Å². The van der Waals surface area contributed by atoms with E-state index in [1.807, 2.05) is 68.4 Å². The molecule has 0 saturated carbocycles. The quantitative estimate of drug-likeness (QED) is 0.163. The molecular weight excluding hydrogens is 763 g/mol. The summed E-state index contributed by atoms with van der Waals surface area (Å²) < 4.78 is 4.42. The molecule has 0 fully saturated rings. The van der Waals surface area contributed by atoms with E-state index in [2.05, 4.69) is 83.1 Å². The highest BCUT2D eigenvalue weighted by atomic mass is 15.1. The number of rotatable bonds is 5. The van der Waals surface area contributed by atoms with Gasteiger partial charge in [-0.1, -0.05) is 78.9 Å². The molecule has 0 atom stereocenters. The van der Waals surface area contributed by atoms with Crippen molar-refractivity contribution in [3.63, 3.8) is 0 Å². The number of nitrogens with zero attached hydrogens (tertiary/aromatic N) is 9.